The lowest BCUT2D eigenvalue weighted by molar-refractivity contribution is 0.0946. The zero-order valence-electron chi connectivity index (χ0n) is 14.2. The van der Waals surface area contributed by atoms with Gasteiger partial charge in [0.2, 0.25) is 0 Å². The zero-order valence-corrected chi connectivity index (χ0v) is 14.2. The number of aromatic nitrogens is 3. The lowest BCUT2D eigenvalue weighted by atomic mass is 10.1. The Kier molecular flexibility index (Phi) is 5.46. The molecular weight excluding hydrogens is 302 g/mol. The molecule has 3 rings (SSSR count). The van der Waals surface area contributed by atoms with E-state index in [-0.39, 0.29) is 5.91 Å². The topological polar surface area (TPSA) is 63.1 Å². The van der Waals surface area contributed by atoms with Crippen LogP contribution in [0.2, 0.25) is 0 Å². The second-order valence-electron chi connectivity index (χ2n) is 6.47. The molecule has 1 fully saturated rings. The van der Waals surface area contributed by atoms with Gasteiger partial charge >= 0.3 is 0 Å². The van der Waals surface area contributed by atoms with Gasteiger partial charge in [-0.25, -0.2) is 4.98 Å². The molecule has 0 saturated carbocycles. The smallest absolute Gasteiger partial charge is 0.255 e. The van der Waals surface area contributed by atoms with Gasteiger partial charge in [-0.2, -0.15) is 5.10 Å². The first-order chi connectivity index (χ1) is 11.7. The molecule has 2 aromatic rings. The molecule has 1 unspecified atom stereocenters. The maximum atomic E-state index is 12.6. The number of carbonyl (C=O) groups is 1. The Morgan fingerprint density at radius 1 is 1.25 bits per heavy atom. The highest BCUT2D eigenvalue weighted by Gasteiger charge is 2.19. The lowest BCUT2D eigenvalue weighted by Gasteiger charge is -2.29. The van der Waals surface area contributed by atoms with Crippen molar-refractivity contribution in [1.82, 2.24) is 20.1 Å². The van der Waals surface area contributed by atoms with Gasteiger partial charge in [0.15, 0.2) is 0 Å². The molecule has 128 valence electrons. The minimum atomic E-state index is -0.0454. The summed E-state index contributed by atoms with van der Waals surface area (Å²) in [5, 5.41) is 7.25. The fraction of sp³-hybridized carbons (Fsp3) is 0.500. The monoisotopic (exact) mass is 327 g/mol. The summed E-state index contributed by atoms with van der Waals surface area (Å²) in [5.41, 5.74) is 0.672. The van der Waals surface area contributed by atoms with Crippen molar-refractivity contribution in [3.8, 4) is 0 Å². The molecule has 1 aliphatic rings. The van der Waals surface area contributed by atoms with Gasteiger partial charge in [0, 0.05) is 44.8 Å². The van der Waals surface area contributed by atoms with Crippen LogP contribution >= 0.6 is 0 Å². The number of nitrogens with zero attached hydrogens (tertiary/aromatic N) is 4. The molecule has 2 aromatic heterocycles. The highest BCUT2D eigenvalue weighted by atomic mass is 16.1. The second-order valence-corrected chi connectivity index (χ2v) is 6.47. The second kappa shape index (κ2) is 7.95. The molecule has 0 bridgehead atoms. The molecule has 24 heavy (non-hydrogen) atoms. The van der Waals surface area contributed by atoms with Gasteiger partial charge in [-0.1, -0.05) is 6.92 Å². The van der Waals surface area contributed by atoms with Crippen LogP contribution in [0.15, 0.2) is 36.8 Å². The van der Waals surface area contributed by atoms with E-state index in [2.05, 4.69) is 27.2 Å². The summed E-state index contributed by atoms with van der Waals surface area (Å²) in [4.78, 5) is 19.3. The van der Waals surface area contributed by atoms with Crippen molar-refractivity contribution in [2.75, 3.05) is 24.5 Å². The lowest BCUT2D eigenvalue weighted by Crippen LogP contribution is -2.35. The van der Waals surface area contributed by atoms with Gasteiger partial charge in [-0.15, -0.1) is 0 Å². The van der Waals surface area contributed by atoms with Crippen LogP contribution in [0.1, 0.15) is 36.5 Å². The molecule has 0 radical (unpaired) electrons. The van der Waals surface area contributed by atoms with Crippen molar-refractivity contribution >= 4 is 11.7 Å². The van der Waals surface area contributed by atoms with Crippen LogP contribution in [0, 0.1) is 5.92 Å². The van der Waals surface area contributed by atoms with E-state index in [1.165, 1.54) is 19.3 Å². The number of nitrogens with one attached hydrogen (secondary N) is 1. The number of hydrogen-bond donors (Lipinski definition) is 1. The number of hydrogen-bond acceptors (Lipinski definition) is 4. The number of amides is 1. The highest BCUT2D eigenvalue weighted by Crippen LogP contribution is 2.21. The van der Waals surface area contributed by atoms with E-state index < -0.39 is 0 Å². The van der Waals surface area contributed by atoms with Crippen molar-refractivity contribution in [2.24, 2.45) is 5.92 Å². The molecule has 6 heteroatoms. The Morgan fingerprint density at radius 2 is 2.08 bits per heavy atom. The largest absolute Gasteiger partial charge is 0.356 e. The van der Waals surface area contributed by atoms with Gasteiger partial charge in [-0.05, 0) is 43.4 Å². The van der Waals surface area contributed by atoms with Crippen LogP contribution in [0.25, 0.3) is 0 Å². The molecule has 1 aliphatic heterocycles. The molecule has 3 heterocycles. The van der Waals surface area contributed by atoms with Crippen molar-refractivity contribution in [2.45, 2.75) is 32.7 Å². The average molecular weight is 327 g/mol. The number of piperidine rings is 1. The van der Waals surface area contributed by atoms with Crippen molar-refractivity contribution in [1.29, 1.82) is 0 Å². The summed E-state index contributed by atoms with van der Waals surface area (Å²) in [5.74, 6) is 1.08. The third-order valence-electron chi connectivity index (χ3n) is 4.36. The van der Waals surface area contributed by atoms with Gasteiger partial charge in [0.25, 0.3) is 5.91 Å². The van der Waals surface area contributed by atoms with E-state index in [4.69, 9.17) is 0 Å². The SMILES string of the molecule is CC(CNC(=O)c1cccnc1N1CCCCC1)Cn1cccn1. The molecule has 1 amide bonds. The maximum absolute atomic E-state index is 12.6. The summed E-state index contributed by atoms with van der Waals surface area (Å²) >= 11 is 0. The van der Waals surface area contributed by atoms with Crippen molar-refractivity contribution in [3.63, 3.8) is 0 Å². The van der Waals surface area contributed by atoms with Gasteiger partial charge in [0.05, 0.1) is 5.56 Å². The standard InChI is InChI=1S/C18H25N5O/c1-15(14-23-12-6-9-21-23)13-20-18(24)16-7-5-8-19-17(16)22-10-3-2-4-11-22/h5-9,12,15H,2-4,10-11,13-14H2,1H3,(H,20,24). The predicted octanol–water partition coefficient (Wildman–Crippen LogP) is 2.33. The summed E-state index contributed by atoms with van der Waals surface area (Å²) in [7, 11) is 0. The molecule has 1 N–H and O–H groups in total. The zero-order chi connectivity index (χ0) is 16.8. The third-order valence-corrected chi connectivity index (χ3v) is 4.36. The van der Waals surface area contributed by atoms with Gasteiger partial charge in [-0.3, -0.25) is 9.48 Å². The fourth-order valence-electron chi connectivity index (χ4n) is 3.09. The summed E-state index contributed by atoms with van der Waals surface area (Å²) in [6, 6.07) is 5.60. The molecule has 0 spiro atoms. The molecule has 1 atom stereocenters. The summed E-state index contributed by atoms with van der Waals surface area (Å²) in [6.07, 6.45) is 9.06. The first-order valence-corrected chi connectivity index (χ1v) is 8.69. The van der Waals surface area contributed by atoms with E-state index >= 15 is 0 Å². The molecule has 6 nitrogen and oxygen atoms in total. The van der Waals surface area contributed by atoms with E-state index in [9.17, 15) is 4.79 Å². The Bertz CT molecular complexity index is 649. The predicted molar refractivity (Wildman–Crippen MR) is 94.0 cm³/mol. The molecule has 1 saturated heterocycles. The quantitative estimate of drug-likeness (QED) is 0.884. The van der Waals surface area contributed by atoms with Crippen LogP contribution in [-0.2, 0) is 6.54 Å². The van der Waals surface area contributed by atoms with Crippen LogP contribution in [0.5, 0.6) is 0 Å². The molecule has 0 aromatic carbocycles. The first-order valence-electron chi connectivity index (χ1n) is 8.69. The van der Waals surface area contributed by atoms with Crippen molar-refractivity contribution in [3.05, 3.63) is 42.4 Å². The van der Waals surface area contributed by atoms with Crippen molar-refractivity contribution < 1.29 is 4.79 Å². The fourth-order valence-corrected chi connectivity index (χ4v) is 3.09. The van der Waals surface area contributed by atoms with Gasteiger partial charge in [0.1, 0.15) is 5.82 Å². The average Bonchev–Trinajstić information content (AvgIpc) is 3.13. The van der Waals surface area contributed by atoms with E-state index in [0.717, 1.165) is 25.5 Å². The minimum Gasteiger partial charge on any atom is -0.356 e. The highest BCUT2D eigenvalue weighted by molar-refractivity contribution is 5.98. The van der Waals surface area contributed by atoms with E-state index in [0.29, 0.717) is 18.0 Å². The van der Waals surface area contributed by atoms with Crippen LogP contribution < -0.4 is 10.2 Å². The summed E-state index contributed by atoms with van der Waals surface area (Å²) in [6.45, 7) is 5.48. The Balaban J connectivity index is 1.60. The molecule has 0 aliphatic carbocycles. The normalized spacial score (nSPS) is 16.0. The van der Waals surface area contributed by atoms with Gasteiger partial charge < -0.3 is 10.2 Å². The van der Waals surface area contributed by atoms with Crippen LogP contribution in [-0.4, -0.2) is 40.3 Å². The Morgan fingerprint density at radius 3 is 2.83 bits per heavy atom. The van der Waals surface area contributed by atoms with Crippen LogP contribution in [0.4, 0.5) is 5.82 Å². The van der Waals surface area contributed by atoms with Crippen LogP contribution in [0.3, 0.4) is 0 Å². The van der Waals surface area contributed by atoms with E-state index in [1.807, 2.05) is 29.1 Å². The Hall–Kier alpha value is -2.37. The minimum absolute atomic E-state index is 0.0454. The number of rotatable bonds is 6. The first kappa shape index (κ1) is 16.5. The third kappa shape index (κ3) is 4.13. The number of carbonyl (C=O) groups excluding carboxylic acids is 1. The number of anilines is 1. The molecular formula is C18H25N5O. The Labute approximate surface area is 142 Å². The maximum Gasteiger partial charge on any atom is 0.255 e. The number of pyridine rings is 1. The summed E-state index contributed by atoms with van der Waals surface area (Å²) < 4.78 is 1.89. The van der Waals surface area contributed by atoms with E-state index in [1.54, 1.807) is 12.4 Å².